The first kappa shape index (κ1) is 15.5. The van der Waals surface area contributed by atoms with Gasteiger partial charge in [-0.25, -0.2) is 0 Å². The molecule has 2 nitrogen and oxygen atoms in total. The topological polar surface area (TPSA) is 21.3 Å². The van der Waals surface area contributed by atoms with E-state index in [4.69, 9.17) is 4.74 Å². The second kappa shape index (κ2) is 7.25. The van der Waals surface area contributed by atoms with E-state index < -0.39 is 0 Å². The van der Waals surface area contributed by atoms with Crippen molar-refractivity contribution in [2.75, 3.05) is 14.2 Å². The van der Waals surface area contributed by atoms with Crippen LogP contribution in [0, 0.1) is 0 Å². The molecule has 1 unspecified atom stereocenters. The van der Waals surface area contributed by atoms with Gasteiger partial charge in [0.25, 0.3) is 0 Å². The Hall–Kier alpha value is -0.840. The number of ether oxygens (including phenoxy) is 1. The van der Waals surface area contributed by atoms with E-state index in [-0.39, 0.29) is 6.04 Å². The van der Waals surface area contributed by atoms with Crippen LogP contribution in [0.25, 0.3) is 0 Å². The standard InChI is InChI=1S/C16H17Br2NO/c1-19-16(9-11-4-3-5-12(17)8-11)14-10-13(20-2)6-7-15(14)18/h3-8,10,16,19H,9H2,1-2H3. The summed E-state index contributed by atoms with van der Waals surface area (Å²) in [5, 5.41) is 3.38. The molecule has 1 N–H and O–H groups in total. The Morgan fingerprint density at radius 2 is 1.95 bits per heavy atom. The summed E-state index contributed by atoms with van der Waals surface area (Å²) >= 11 is 7.14. The molecule has 0 aliphatic rings. The SMILES string of the molecule is CNC(Cc1cccc(Br)c1)c1cc(OC)ccc1Br. The summed E-state index contributed by atoms with van der Waals surface area (Å²) in [5.41, 5.74) is 2.49. The molecule has 2 aromatic rings. The molecule has 0 aromatic heterocycles. The average molecular weight is 399 g/mol. The Morgan fingerprint density at radius 1 is 1.15 bits per heavy atom. The molecule has 20 heavy (non-hydrogen) atoms. The molecule has 0 heterocycles. The van der Waals surface area contributed by atoms with Crippen LogP contribution in [0.2, 0.25) is 0 Å². The smallest absolute Gasteiger partial charge is 0.119 e. The normalized spacial score (nSPS) is 12.2. The van der Waals surface area contributed by atoms with E-state index in [2.05, 4.69) is 61.4 Å². The number of hydrogen-bond acceptors (Lipinski definition) is 2. The number of halogens is 2. The van der Waals surface area contributed by atoms with Crippen LogP contribution in [-0.2, 0) is 6.42 Å². The van der Waals surface area contributed by atoms with Gasteiger partial charge < -0.3 is 10.1 Å². The Bertz CT molecular complexity index is 586. The number of hydrogen-bond donors (Lipinski definition) is 1. The van der Waals surface area contributed by atoms with Crippen molar-refractivity contribution in [2.24, 2.45) is 0 Å². The number of likely N-dealkylation sites (N-methyl/N-ethyl adjacent to an activating group) is 1. The second-order valence-electron chi connectivity index (χ2n) is 4.56. The Morgan fingerprint density at radius 3 is 2.60 bits per heavy atom. The van der Waals surface area contributed by atoms with Crippen molar-refractivity contribution in [1.29, 1.82) is 0 Å². The van der Waals surface area contributed by atoms with E-state index in [1.54, 1.807) is 7.11 Å². The summed E-state index contributed by atoms with van der Waals surface area (Å²) in [5.74, 6) is 0.873. The predicted molar refractivity (Wildman–Crippen MR) is 90.3 cm³/mol. The summed E-state index contributed by atoms with van der Waals surface area (Å²) < 4.78 is 7.51. The molecule has 2 rings (SSSR count). The number of nitrogens with one attached hydrogen (secondary N) is 1. The van der Waals surface area contributed by atoms with Gasteiger partial charge in [0.05, 0.1) is 7.11 Å². The molecule has 106 valence electrons. The van der Waals surface area contributed by atoms with Gasteiger partial charge in [0.1, 0.15) is 5.75 Å². The van der Waals surface area contributed by atoms with Crippen LogP contribution >= 0.6 is 31.9 Å². The minimum atomic E-state index is 0.230. The second-order valence-corrected chi connectivity index (χ2v) is 6.33. The maximum Gasteiger partial charge on any atom is 0.119 e. The largest absolute Gasteiger partial charge is 0.497 e. The third-order valence-electron chi connectivity index (χ3n) is 3.26. The fourth-order valence-electron chi connectivity index (χ4n) is 2.18. The van der Waals surface area contributed by atoms with Gasteiger partial charge in [-0.2, -0.15) is 0 Å². The van der Waals surface area contributed by atoms with Crippen LogP contribution in [-0.4, -0.2) is 14.2 Å². The summed E-state index contributed by atoms with van der Waals surface area (Å²) in [4.78, 5) is 0. The summed E-state index contributed by atoms with van der Waals surface area (Å²) in [6, 6.07) is 14.7. The summed E-state index contributed by atoms with van der Waals surface area (Å²) in [6.07, 6.45) is 0.918. The van der Waals surface area contributed by atoms with E-state index in [0.29, 0.717) is 0 Å². The highest BCUT2D eigenvalue weighted by Gasteiger charge is 2.14. The van der Waals surface area contributed by atoms with Gasteiger partial charge in [-0.15, -0.1) is 0 Å². The minimum absolute atomic E-state index is 0.230. The highest BCUT2D eigenvalue weighted by Crippen LogP contribution is 2.30. The lowest BCUT2D eigenvalue weighted by Gasteiger charge is -2.19. The van der Waals surface area contributed by atoms with Crippen molar-refractivity contribution >= 4 is 31.9 Å². The third kappa shape index (κ3) is 3.84. The van der Waals surface area contributed by atoms with Gasteiger partial charge in [0.15, 0.2) is 0 Å². The van der Waals surface area contributed by atoms with Gasteiger partial charge >= 0.3 is 0 Å². The number of methoxy groups -OCH3 is 1. The van der Waals surface area contributed by atoms with Crippen molar-refractivity contribution in [3.63, 3.8) is 0 Å². The van der Waals surface area contributed by atoms with Gasteiger partial charge in [0.2, 0.25) is 0 Å². The van der Waals surface area contributed by atoms with Gasteiger partial charge in [-0.1, -0.05) is 44.0 Å². The molecule has 0 fully saturated rings. The molecule has 0 saturated carbocycles. The highest BCUT2D eigenvalue weighted by molar-refractivity contribution is 9.10. The Labute approximate surface area is 136 Å². The fourth-order valence-corrected chi connectivity index (χ4v) is 3.15. The van der Waals surface area contributed by atoms with Crippen molar-refractivity contribution in [3.05, 3.63) is 62.5 Å². The molecule has 0 bridgehead atoms. The molecular formula is C16H17Br2NO. The summed E-state index contributed by atoms with van der Waals surface area (Å²) in [7, 11) is 3.67. The number of benzene rings is 2. The molecule has 0 aliphatic carbocycles. The van der Waals surface area contributed by atoms with Crippen molar-refractivity contribution in [1.82, 2.24) is 5.32 Å². The predicted octanol–water partition coefficient (Wildman–Crippen LogP) is 4.72. The monoisotopic (exact) mass is 397 g/mol. The van der Waals surface area contributed by atoms with Gasteiger partial charge in [0, 0.05) is 15.0 Å². The van der Waals surface area contributed by atoms with Crippen LogP contribution < -0.4 is 10.1 Å². The molecular weight excluding hydrogens is 382 g/mol. The van der Waals surface area contributed by atoms with E-state index in [1.165, 1.54) is 11.1 Å². The Balaban J connectivity index is 2.28. The molecule has 0 aliphatic heterocycles. The van der Waals surface area contributed by atoms with Crippen LogP contribution in [0.3, 0.4) is 0 Å². The minimum Gasteiger partial charge on any atom is -0.497 e. The molecule has 0 amide bonds. The molecule has 0 spiro atoms. The molecule has 0 radical (unpaired) electrons. The number of rotatable bonds is 5. The van der Waals surface area contributed by atoms with Crippen LogP contribution in [0.5, 0.6) is 5.75 Å². The van der Waals surface area contributed by atoms with Crippen molar-refractivity contribution in [2.45, 2.75) is 12.5 Å². The first-order valence-electron chi connectivity index (χ1n) is 6.39. The molecule has 2 aromatic carbocycles. The fraction of sp³-hybridized carbons (Fsp3) is 0.250. The zero-order valence-corrected chi connectivity index (χ0v) is 14.7. The van der Waals surface area contributed by atoms with E-state index >= 15 is 0 Å². The van der Waals surface area contributed by atoms with Gasteiger partial charge in [-0.3, -0.25) is 0 Å². The molecule has 0 saturated heterocycles. The summed E-state index contributed by atoms with van der Waals surface area (Å²) in [6.45, 7) is 0. The average Bonchev–Trinajstić information content (AvgIpc) is 2.46. The highest BCUT2D eigenvalue weighted by atomic mass is 79.9. The van der Waals surface area contributed by atoms with Crippen LogP contribution in [0.15, 0.2) is 51.4 Å². The van der Waals surface area contributed by atoms with Crippen molar-refractivity contribution < 1.29 is 4.74 Å². The first-order valence-corrected chi connectivity index (χ1v) is 7.97. The lowest BCUT2D eigenvalue weighted by molar-refractivity contribution is 0.413. The lowest BCUT2D eigenvalue weighted by Crippen LogP contribution is -2.19. The zero-order chi connectivity index (χ0) is 14.5. The molecule has 4 heteroatoms. The maximum absolute atomic E-state index is 5.32. The van der Waals surface area contributed by atoms with Gasteiger partial charge in [-0.05, 0) is 54.9 Å². The quantitative estimate of drug-likeness (QED) is 0.786. The van der Waals surface area contributed by atoms with Crippen LogP contribution in [0.4, 0.5) is 0 Å². The maximum atomic E-state index is 5.32. The van der Waals surface area contributed by atoms with E-state index in [1.807, 2.05) is 25.2 Å². The third-order valence-corrected chi connectivity index (χ3v) is 4.47. The van der Waals surface area contributed by atoms with Crippen molar-refractivity contribution in [3.8, 4) is 5.75 Å². The first-order chi connectivity index (χ1) is 9.63. The lowest BCUT2D eigenvalue weighted by atomic mass is 9.99. The van der Waals surface area contributed by atoms with E-state index in [0.717, 1.165) is 21.1 Å². The Kier molecular flexibility index (Phi) is 5.64. The molecule has 1 atom stereocenters. The zero-order valence-electron chi connectivity index (χ0n) is 11.5. The van der Waals surface area contributed by atoms with E-state index in [9.17, 15) is 0 Å². The van der Waals surface area contributed by atoms with Crippen LogP contribution in [0.1, 0.15) is 17.2 Å².